The van der Waals surface area contributed by atoms with Gasteiger partial charge < -0.3 is 15.9 Å². The molecule has 0 unspecified atom stereocenters. The van der Waals surface area contributed by atoms with Gasteiger partial charge in [0.1, 0.15) is 5.02 Å². The second-order valence-electron chi connectivity index (χ2n) is 2.66. The molecular formula is C8H8Cl3NO2. The molecule has 0 atom stereocenters. The van der Waals surface area contributed by atoms with Gasteiger partial charge in [-0.05, 0) is 18.5 Å². The Hall–Kier alpha value is -0.350. The number of phenols is 2. The van der Waals surface area contributed by atoms with Crippen LogP contribution in [-0.4, -0.2) is 16.8 Å². The van der Waals surface area contributed by atoms with Crippen LogP contribution in [0, 0.1) is 0 Å². The number of hydrogen-bond acceptors (Lipinski definition) is 3. The third kappa shape index (κ3) is 1.86. The van der Waals surface area contributed by atoms with Gasteiger partial charge >= 0.3 is 0 Å². The summed E-state index contributed by atoms with van der Waals surface area (Å²) in [6, 6.07) is 0. The van der Waals surface area contributed by atoms with Crippen molar-refractivity contribution in [2.45, 2.75) is 6.42 Å². The number of rotatable bonds is 2. The summed E-state index contributed by atoms with van der Waals surface area (Å²) in [5.41, 5.74) is 5.77. The standard InChI is InChI=1S/C8H8Cl3NO2/c9-4-3(1-2-12)5(10)7(13)8(14)6(4)11/h13-14H,1-2,12H2. The molecule has 0 saturated carbocycles. The summed E-state index contributed by atoms with van der Waals surface area (Å²) >= 11 is 17.2. The maximum Gasteiger partial charge on any atom is 0.179 e. The zero-order chi connectivity index (χ0) is 10.9. The molecule has 0 radical (unpaired) electrons. The number of aromatic hydroxyl groups is 2. The Labute approximate surface area is 96.0 Å². The van der Waals surface area contributed by atoms with Gasteiger partial charge in [-0.2, -0.15) is 0 Å². The van der Waals surface area contributed by atoms with Gasteiger partial charge in [-0.25, -0.2) is 0 Å². The van der Waals surface area contributed by atoms with Crippen LogP contribution in [0.25, 0.3) is 0 Å². The first-order chi connectivity index (χ1) is 6.50. The number of nitrogens with two attached hydrogens (primary N) is 1. The van der Waals surface area contributed by atoms with Crippen molar-refractivity contribution in [1.82, 2.24) is 0 Å². The molecule has 4 N–H and O–H groups in total. The molecule has 0 saturated heterocycles. The van der Waals surface area contributed by atoms with Gasteiger partial charge in [0.05, 0.1) is 10.0 Å². The Balaban J connectivity index is 3.43. The molecule has 0 heterocycles. The van der Waals surface area contributed by atoms with Crippen molar-refractivity contribution in [3.8, 4) is 11.5 Å². The van der Waals surface area contributed by atoms with E-state index in [-0.39, 0.29) is 15.1 Å². The van der Waals surface area contributed by atoms with Crippen LogP contribution in [0.4, 0.5) is 0 Å². The lowest BCUT2D eigenvalue weighted by atomic mass is 10.1. The topological polar surface area (TPSA) is 66.5 Å². The van der Waals surface area contributed by atoms with Gasteiger partial charge in [0.25, 0.3) is 0 Å². The third-order valence-corrected chi connectivity index (χ3v) is 3.05. The lowest BCUT2D eigenvalue weighted by Crippen LogP contribution is -2.04. The van der Waals surface area contributed by atoms with E-state index in [0.717, 1.165) is 0 Å². The fraction of sp³-hybridized carbons (Fsp3) is 0.250. The van der Waals surface area contributed by atoms with E-state index in [0.29, 0.717) is 18.5 Å². The molecule has 3 nitrogen and oxygen atoms in total. The van der Waals surface area contributed by atoms with Gasteiger partial charge in [0, 0.05) is 0 Å². The van der Waals surface area contributed by atoms with Gasteiger partial charge in [-0.15, -0.1) is 0 Å². The van der Waals surface area contributed by atoms with E-state index in [1.165, 1.54) is 0 Å². The van der Waals surface area contributed by atoms with E-state index in [9.17, 15) is 10.2 Å². The molecule has 0 amide bonds. The summed E-state index contributed by atoms with van der Waals surface area (Å²) in [5.74, 6) is -0.980. The first-order valence-electron chi connectivity index (χ1n) is 3.78. The van der Waals surface area contributed by atoms with Crippen LogP contribution in [0.15, 0.2) is 0 Å². The quantitative estimate of drug-likeness (QED) is 0.563. The summed E-state index contributed by atoms with van der Waals surface area (Å²) < 4.78 is 0. The first kappa shape index (κ1) is 11.7. The van der Waals surface area contributed by atoms with Crippen LogP contribution in [0.1, 0.15) is 5.56 Å². The van der Waals surface area contributed by atoms with Crippen molar-refractivity contribution >= 4 is 34.8 Å². The maximum atomic E-state index is 9.35. The van der Waals surface area contributed by atoms with Crippen molar-refractivity contribution in [2.75, 3.05) is 6.54 Å². The highest BCUT2D eigenvalue weighted by Gasteiger charge is 2.19. The Kier molecular flexibility index (Phi) is 3.72. The third-order valence-electron chi connectivity index (χ3n) is 1.76. The molecule has 0 spiro atoms. The summed E-state index contributed by atoms with van der Waals surface area (Å²) in [4.78, 5) is 0. The molecule has 0 aromatic heterocycles. The average molecular weight is 257 g/mol. The average Bonchev–Trinajstić information content (AvgIpc) is 2.19. The highest BCUT2D eigenvalue weighted by molar-refractivity contribution is 6.45. The molecule has 0 aliphatic carbocycles. The van der Waals surface area contributed by atoms with Gasteiger partial charge in [-0.1, -0.05) is 34.8 Å². The van der Waals surface area contributed by atoms with Crippen LogP contribution in [0.2, 0.25) is 15.1 Å². The minimum atomic E-state index is -0.512. The molecule has 0 fully saturated rings. The van der Waals surface area contributed by atoms with E-state index in [1.807, 2.05) is 0 Å². The zero-order valence-corrected chi connectivity index (χ0v) is 9.29. The van der Waals surface area contributed by atoms with Crippen molar-refractivity contribution < 1.29 is 10.2 Å². The molecule has 1 aromatic carbocycles. The highest BCUT2D eigenvalue weighted by Crippen LogP contribution is 2.46. The fourth-order valence-corrected chi connectivity index (χ4v) is 1.86. The van der Waals surface area contributed by atoms with E-state index >= 15 is 0 Å². The largest absolute Gasteiger partial charge is 0.503 e. The molecule has 1 rings (SSSR count). The van der Waals surface area contributed by atoms with Crippen LogP contribution in [-0.2, 0) is 6.42 Å². The lowest BCUT2D eigenvalue weighted by Gasteiger charge is -2.11. The monoisotopic (exact) mass is 255 g/mol. The van der Waals surface area contributed by atoms with Crippen molar-refractivity contribution in [1.29, 1.82) is 0 Å². The molecule has 0 aliphatic heterocycles. The van der Waals surface area contributed by atoms with Gasteiger partial charge in [0.2, 0.25) is 0 Å². The normalized spacial score (nSPS) is 10.6. The fourth-order valence-electron chi connectivity index (χ4n) is 1.05. The van der Waals surface area contributed by atoms with E-state index in [4.69, 9.17) is 40.5 Å². The van der Waals surface area contributed by atoms with Crippen LogP contribution < -0.4 is 5.73 Å². The maximum absolute atomic E-state index is 9.35. The van der Waals surface area contributed by atoms with E-state index in [2.05, 4.69) is 0 Å². The van der Waals surface area contributed by atoms with Crippen molar-refractivity contribution in [3.63, 3.8) is 0 Å². The molecule has 1 aromatic rings. The van der Waals surface area contributed by atoms with Crippen molar-refractivity contribution in [2.24, 2.45) is 5.73 Å². The van der Waals surface area contributed by atoms with Crippen LogP contribution in [0.3, 0.4) is 0 Å². The summed E-state index contributed by atoms with van der Waals surface area (Å²) in [7, 11) is 0. The first-order valence-corrected chi connectivity index (χ1v) is 4.91. The molecule has 0 bridgehead atoms. The van der Waals surface area contributed by atoms with Gasteiger partial charge in [0.15, 0.2) is 11.5 Å². The Morgan fingerprint density at radius 2 is 1.43 bits per heavy atom. The van der Waals surface area contributed by atoms with E-state index < -0.39 is 11.5 Å². The molecule has 78 valence electrons. The Morgan fingerprint density at radius 1 is 0.929 bits per heavy atom. The summed E-state index contributed by atoms with van der Waals surface area (Å²) in [6.45, 7) is 0.319. The smallest absolute Gasteiger partial charge is 0.179 e. The Bertz CT molecular complexity index is 339. The van der Waals surface area contributed by atoms with Crippen molar-refractivity contribution in [3.05, 3.63) is 20.6 Å². The summed E-state index contributed by atoms with van der Waals surface area (Å²) in [5, 5.41) is 18.6. The predicted octanol–water partition coefficient (Wildman–Crippen LogP) is 2.56. The minimum absolute atomic E-state index is 0.0117. The molecule has 6 heteroatoms. The number of benzene rings is 1. The SMILES string of the molecule is NCCc1c(Cl)c(O)c(O)c(Cl)c1Cl. The molecule has 0 aliphatic rings. The lowest BCUT2D eigenvalue weighted by molar-refractivity contribution is 0.403. The number of halogens is 3. The Morgan fingerprint density at radius 3 is 1.93 bits per heavy atom. The second-order valence-corrected chi connectivity index (χ2v) is 3.79. The number of hydrogen-bond donors (Lipinski definition) is 3. The molecule has 14 heavy (non-hydrogen) atoms. The molecular weight excluding hydrogens is 248 g/mol. The van der Waals surface area contributed by atoms with Gasteiger partial charge in [-0.3, -0.25) is 0 Å². The van der Waals surface area contributed by atoms with Crippen LogP contribution >= 0.6 is 34.8 Å². The zero-order valence-electron chi connectivity index (χ0n) is 7.02. The highest BCUT2D eigenvalue weighted by atomic mass is 35.5. The van der Waals surface area contributed by atoms with Crippen LogP contribution in [0.5, 0.6) is 11.5 Å². The number of phenolic OH excluding ortho intramolecular Hbond substituents is 2. The minimum Gasteiger partial charge on any atom is -0.503 e. The van der Waals surface area contributed by atoms with E-state index in [1.54, 1.807) is 0 Å². The summed E-state index contributed by atoms with van der Waals surface area (Å²) in [6.07, 6.45) is 0.380. The second kappa shape index (κ2) is 4.45. The predicted molar refractivity (Wildman–Crippen MR) is 57.6 cm³/mol.